The lowest BCUT2D eigenvalue weighted by atomic mass is 10.0. The second kappa shape index (κ2) is 9.73. The Bertz CT molecular complexity index is 1030. The Morgan fingerprint density at radius 2 is 1.97 bits per heavy atom. The van der Waals surface area contributed by atoms with Crippen molar-refractivity contribution in [1.82, 2.24) is 4.90 Å². The number of carbonyl (C=O) groups excluding carboxylic acids is 1. The molecule has 3 heterocycles. The SMILES string of the molecule is O=C1C=CC(N2CCN(c3ccc(NC(O)C4CCOC4)cc3Cl)CC2)c2ccccc2N1. The van der Waals surface area contributed by atoms with Gasteiger partial charge < -0.3 is 25.4 Å². The van der Waals surface area contributed by atoms with Gasteiger partial charge in [0.1, 0.15) is 6.23 Å². The van der Waals surface area contributed by atoms with E-state index in [1.165, 1.54) is 0 Å². The molecule has 0 bridgehead atoms. The summed E-state index contributed by atoms with van der Waals surface area (Å²) >= 11 is 6.64. The fourth-order valence-corrected chi connectivity index (χ4v) is 5.13. The van der Waals surface area contributed by atoms with Crippen LogP contribution in [0.3, 0.4) is 0 Å². The smallest absolute Gasteiger partial charge is 0.248 e. The third kappa shape index (κ3) is 4.87. The Hall–Kier alpha value is -2.58. The van der Waals surface area contributed by atoms with Crippen LogP contribution in [0.25, 0.3) is 0 Å². The Morgan fingerprint density at radius 3 is 2.73 bits per heavy atom. The van der Waals surface area contributed by atoms with Crippen molar-refractivity contribution in [2.75, 3.05) is 54.9 Å². The van der Waals surface area contributed by atoms with Crippen molar-refractivity contribution in [3.8, 4) is 0 Å². The highest BCUT2D eigenvalue weighted by atomic mass is 35.5. The van der Waals surface area contributed by atoms with Crippen LogP contribution in [0.2, 0.25) is 5.02 Å². The first-order valence-corrected chi connectivity index (χ1v) is 11.9. The lowest BCUT2D eigenvalue weighted by Gasteiger charge is -2.40. The highest BCUT2D eigenvalue weighted by Gasteiger charge is 2.28. The topological polar surface area (TPSA) is 77.1 Å². The van der Waals surface area contributed by atoms with E-state index in [9.17, 15) is 9.90 Å². The van der Waals surface area contributed by atoms with Crippen LogP contribution in [0.15, 0.2) is 54.6 Å². The van der Waals surface area contributed by atoms with E-state index in [0.717, 1.165) is 55.2 Å². The van der Waals surface area contributed by atoms with Crippen LogP contribution in [-0.2, 0) is 9.53 Å². The molecule has 5 rings (SSSR count). The number of anilines is 3. The molecule has 3 atom stereocenters. The van der Waals surface area contributed by atoms with Gasteiger partial charge in [0, 0.05) is 56.2 Å². The van der Waals surface area contributed by atoms with Gasteiger partial charge in [-0.15, -0.1) is 0 Å². The minimum atomic E-state index is -0.644. The molecule has 2 saturated heterocycles. The van der Waals surface area contributed by atoms with E-state index in [0.29, 0.717) is 18.2 Å². The standard InChI is InChI=1S/C25H29ClN4O3/c26-20-15-18(27-25(32)17-9-14-33-16-17)5-6-23(20)30-12-10-29(11-13-30)22-7-8-24(31)28-21-4-2-1-3-19(21)22/h1-8,15,17,22,25,27,32H,9-14,16H2,(H,28,31). The van der Waals surface area contributed by atoms with Crippen molar-refractivity contribution in [3.63, 3.8) is 0 Å². The summed E-state index contributed by atoms with van der Waals surface area (Å²) < 4.78 is 5.36. The van der Waals surface area contributed by atoms with Crippen molar-refractivity contribution < 1.29 is 14.6 Å². The van der Waals surface area contributed by atoms with Crippen molar-refractivity contribution in [2.24, 2.45) is 5.92 Å². The average molecular weight is 469 g/mol. The number of benzene rings is 2. The maximum Gasteiger partial charge on any atom is 0.248 e. The molecule has 2 fully saturated rings. The summed E-state index contributed by atoms with van der Waals surface area (Å²) in [6.07, 6.45) is 3.83. The average Bonchev–Trinajstić information content (AvgIpc) is 3.30. The predicted molar refractivity (Wildman–Crippen MR) is 131 cm³/mol. The third-order valence-electron chi connectivity index (χ3n) is 6.69. The van der Waals surface area contributed by atoms with Gasteiger partial charge in [0.25, 0.3) is 0 Å². The molecular formula is C25H29ClN4O3. The number of aliphatic hydroxyl groups excluding tert-OH is 1. The highest BCUT2D eigenvalue weighted by molar-refractivity contribution is 6.33. The number of amides is 1. The number of carbonyl (C=O) groups is 1. The molecule has 174 valence electrons. The quantitative estimate of drug-likeness (QED) is 0.583. The molecule has 0 radical (unpaired) electrons. The number of ether oxygens (including phenoxy) is 1. The van der Waals surface area contributed by atoms with Gasteiger partial charge >= 0.3 is 0 Å². The summed E-state index contributed by atoms with van der Waals surface area (Å²) in [5.74, 6) is 0.0137. The molecule has 7 nitrogen and oxygen atoms in total. The van der Waals surface area contributed by atoms with Gasteiger partial charge in [0.05, 0.1) is 23.4 Å². The Labute approximate surface area is 199 Å². The number of hydrogen-bond acceptors (Lipinski definition) is 6. The number of fused-ring (bicyclic) bond motifs is 1. The van der Waals surface area contributed by atoms with Crippen LogP contribution in [0.1, 0.15) is 18.0 Å². The first kappa shape index (κ1) is 22.2. The van der Waals surface area contributed by atoms with Gasteiger partial charge in [-0.2, -0.15) is 0 Å². The van der Waals surface area contributed by atoms with Gasteiger partial charge in [0.15, 0.2) is 0 Å². The van der Waals surface area contributed by atoms with Crippen LogP contribution in [0.5, 0.6) is 0 Å². The monoisotopic (exact) mass is 468 g/mol. The molecule has 2 aromatic rings. The number of halogens is 1. The normalized spacial score (nSPS) is 24.2. The van der Waals surface area contributed by atoms with Crippen LogP contribution in [-0.4, -0.2) is 61.5 Å². The summed E-state index contributed by atoms with van der Waals surface area (Å²) in [5.41, 5.74) is 3.79. The molecule has 8 heteroatoms. The third-order valence-corrected chi connectivity index (χ3v) is 6.99. The van der Waals surface area contributed by atoms with E-state index in [2.05, 4.69) is 26.5 Å². The molecule has 3 aliphatic rings. The van der Waals surface area contributed by atoms with Gasteiger partial charge in [-0.3, -0.25) is 9.69 Å². The summed E-state index contributed by atoms with van der Waals surface area (Å²) in [7, 11) is 0. The van der Waals surface area contributed by atoms with Gasteiger partial charge in [-0.25, -0.2) is 0 Å². The van der Waals surface area contributed by atoms with Gasteiger partial charge in [-0.05, 0) is 36.2 Å². The van der Waals surface area contributed by atoms with Crippen LogP contribution >= 0.6 is 11.6 Å². The largest absolute Gasteiger partial charge is 0.381 e. The number of para-hydroxylation sites is 1. The molecule has 3 N–H and O–H groups in total. The van der Waals surface area contributed by atoms with E-state index in [4.69, 9.17) is 16.3 Å². The molecule has 0 aliphatic carbocycles. The maximum absolute atomic E-state index is 12.1. The summed E-state index contributed by atoms with van der Waals surface area (Å²) in [4.78, 5) is 16.7. The van der Waals surface area contributed by atoms with Crippen molar-refractivity contribution >= 4 is 34.6 Å². The molecule has 1 amide bonds. The van der Waals surface area contributed by atoms with Crippen molar-refractivity contribution in [3.05, 3.63) is 65.2 Å². The van der Waals surface area contributed by atoms with E-state index >= 15 is 0 Å². The lowest BCUT2D eigenvalue weighted by molar-refractivity contribution is -0.111. The van der Waals surface area contributed by atoms with E-state index < -0.39 is 6.23 Å². The fraction of sp³-hybridized carbons (Fsp3) is 0.400. The maximum atomic E-state index is 12.1. The van der Waals surface area contributed by atoms with E-state index in [-0.39, 0.29) is 17.9 Å². The summed E-state index contributed by atoms with van der Waals surface area (Å²) in [6, 6.07) is 13.9. The predicted octanol–water partition coefficient (Wildman–Crippen LogP) is 3.48. The Balaban J connectivity index is 1.24. The molecule has 2 aromatic carbocycles. The highest BCUT2D eigenvalue weighted by Crippen LogP contribution is 2.34. The zero-order valence-electron chi connectivity index (χ0n) is 18.4. The zero-order chi connectivity index (χ0) is 22.8. The zero-order valence-corrected chi connectivity index (χ0v) is 19.2. The summed E-state index contributed by atoms with van der Waals surface area (Å²) in [6.45, 7) is 4.66. The number of nitrogens with one attached hydrogen (secondary N) is 2. The first-order chi connectivity index (χ1) is 16.1. The van der Waals surface area contributed by atoms with E-state index in [1.807, 2.05) is 42.5 Å². The first-order valence-electron chi connectivity index (χ1n) is 11.5. The Morgan fingerprint density at radius 1 is 1.15 bits per heavy atom. The minimum absolute atomic E-state index is 0.0606. The lowest BCUT2D eigenvalue weighted by Crippen LogP contribution is -2.47. The molecule has 0 spiro atoms. The van der Waals surface area contributed by atoms with E-state index in [1.54, 1.807) is 6.08 Å². The molecular weight excluding hydrogens is 440 g/mol. The van der Waals surface area contributed by atoms with Gasteiger partial charge in [0.2, 0.25) is 5.91 Å². The fourth-order valence-electron chi connectivity index (χ4n) is 4.83. The second-order valence-corrected chi connectivity index (χ2v) is 9.19. The second-order valence-electron chi connectivity index (χ2n) is 8.78. The van der Waals surface area contributed by atoms with Crippen molar-refractivity contribution in [1.29, 1.82) is 0 Å². The molecule has 3 aliphatic heterocycles. The van der Waals surface area contributed by atoms with Crippen LogP contribution < -0.4 is 15.5 Å². The summed E-state index contributed by atoms with van der Waals surface area (Å²) in [5, 5.41) is 17.2. The number of aliphatic hydroxyl groups is 1. The minimum Gasteiger partial charge on any atom is -0.381 e. The van der Waals surface area contributed by atoms with Gasteiger partial charge in [-0.1, -0.05) is 35.9 Å². The van der Waals surface area contributed by atoms with Crippen LogP contribution in [0.4, 0.5) is 17.1 Å². The number of piperazine rings is 1. The number of hydrogen-bond donors (Lipinski definition) is 3. The van der Waals surface area contributed by atoms with Crippen LogP contribution in [0, 0.1) is 5.92 Å². The number of nitrogens with zero attached hydrogens (tertiary/aromatic N) is 2. The molecule has 3 unspecified atom stereocenters. The molecule has 0 saturated carbocycles. The number of rotatable bonds is 5. The molecule has 33 heavy (non-hydrogen) atoms. The van der Waals surface area contributed by atoms with Crippen molar-refractivity contribution in [2.45, 2.75) is 18.7 Å². The molecule has 0 aromatic heterocycles. The Kier molecular flexibility index (Phi) is 6.55.